The standard InChI is InChI=1S/C15H22FNO4S/c1-11(2)21-6-7-22(19,20)17-10-14(18)9-15(17)12-4-3-5-13(16)8-12/h3-5,8,11,14-15,18H,6-7,9-10H2,1-2H3/t14-,15-/m0/s1. The third kappa shape index (κ3) is 4.25. The molecule has 0 spiro atoms. The number of aliphatic hydroxyl groups is 1. The average Bonchev–Trinajstić information content (AvgIpc) is 2.81. The first-order valence-electron chi connectivity index (χ1n) is 7.34. The van der Waals surface area contributed by atoms with Gasteiger partial charge in [-0.15, -0.1) is 0 Å². The van der Waals surface area contributed by atoms with Crippen LogP contribution in [0.1, 0.15) is 31.9 Å². The molecule has 5 nitrogen and oxygen atoms in total. The molecule has 0 radical (unpaired) electrons. The number of β-amino-alcohol motifs (C(OH)–C–C–N with tert-alkyl or cyclic N) is 1. The van der Waals surface area contributed by atoms with Crippen molar-refractivity contribution in [2.75, 3.05) is 18.9 Å². The Kier molecular flexibility index (Phi) is 5.55. The lowest BCUT2D eigenvalue weighted by atomic mass is 10.0. The molecule has 1 aromatic rings. The number of halogens is 1. The van der Waals surface area contributed by atoms with Crippen LogP contribution in [0.5, 0.6) is 0 Å². The number of nitrogens with zero attached hydrogens (tertiary/aromatic N) is 1. The van der Waals surface area contributed by atoms with Crippen molar-refractivity contribution in [1.82, 2.24) is 4.31 Å². The van der Waals surface area contributed by atoms with Crippen LogP contribution in [0.3, 0.4) is 0 Å². The second-order valence-electron chi connectivity index (χ2n) is 5.77. The molecule has 124 valence electrons. The van der Waals surface area contributed by atoms with Crippen molar-refractivity contribution < 1.29 is 22.7 Å². The Balaban J connectivity index is 2.16. The van der Waals surface area contributed by atoms with Crippen molar-refractivity contribution >= 4 is 10.0 Å². The quantitative estimate of drug-likeness (QED) is 0.861. The Morgan fingerprint density at radius 2 is 2.18 bits per heavy atom. The third-order valence-corrected chi connectivity index (χ3v) is 5.42. The maximum atomic E-state index is 13.4. The lowest BCUT2D eigenvalue weighted by molar-refractivity contribution is 0.0905. The van der Waals surface area contributed by atoms with Crippen LogP contribution in [-0.4, -0.2) is 48.9 Å². The first-order valence-corrected chi connectivity index (χ1v) is 8.95. The first-order chi connectivity index (χ1) is 10.3. The van der Waals surface area contributed by atoms with Gasteiger partial charge in [-0.1, -0.05) is 12.1 Å². The maximum absolute atomic E-state index is 13.4. The van der Waals surface area contributed by atoms with E-state index in [1.54, 1.807) is 12.1 Å². The van der Waals surface area contributed by atoms with Gasteiger partial charge >= 0.3 is 0 Å². The Morgan fingerprint density at radius 1 is 1.45 bits per heavy atom. The van der Waals surface area contributed by atoms with Crippen molar-refractivity contribution in [1.29, 1.82) is 0 Å². The Morgan fingerprint density at radius 3 is 2.82 bits per heavy atom. The van der Waals surface area contributed by atoms with Gasteiger partial charge in [0.1, 0.15) is 5.82 Å². The van der Waals surface area contributed by atoms with Gasteiger partial charge in [-0.05, 0) is 38.0 Å². The monoisotopic (exact) mass is 331 g/mol. The lowest BCUT2D eigenvalue weighted by Gasteiger charge is -2.24. The highest BCUT2D eigenvalue weighted by atomic mass is 32.2. The zero-order valence-electron chi connectivity index (χ0n) is 12.8. The van der Waals surface area contributed by atoms with Crippen LogP contribution in [0.2, 0.25) is 0 Å². The van der Waals surface area contributed by atoms with Gasteiger partial charge in [0.2, 0.25) is 10.0 Å². The van der Waals surface area contributed by atoms with E-state index in [-0.39, 0.29) is 31.4 Å². The Labute approximate surface area is 130 Å². The summed E-state index contributed by atoms with van der Waals surface area (Å²) in [7, 11) is -3.57. The summed E-state index contributed by atoms with van der Waals surface area (Å²) in [5.41, 5.74) is 0.560. The molecule has 1 aromatic carbocycles. The summed E-state index contributed by atoms with van der Waals surface area (Å²) in [6, 6.07) is 5.32. The topological polar surface area (TPSA) is 66.8 Å². The molecule has 2 rings (SSSR count). The van der Waals surface area contributed by atoms with E-state index in [1.807, 2.05) is 13.8 Å². The second-order valence-corrected chi connectivity index (χ2v) is 7.81. The van der Waals surface area contributed by atoms with Crippen LogP contribution in [-0.2, 0) is 14.8 Å². The number of sulfonamides is 1. The van der Waals surface area contributed by atoms with E-state index in [9.17, 15) is 17.9 Å². The van der Waals surface area contributed by atoms with Gasteiger partial charge in [0.05, 0.1) is 30.6 Å². The highest BCUT2D eigenvalue weighted by Gasteiger charge is 2.39. The SMILES string of the molecule is CC(C)OCCS(=O)(=O)N1C[C@@H](O)C[C@H]1c1cccc(F)c1. The van der Waals surface area contributed by atoms with Gasteiger partial charge in [0.25, 0.3) is 0 Å². The van der Waals surface area contributed by atoms with E-state index in [0.29, 0.717) is 5.56 Å². The first kappa shape index (κ1) is 17.3. The number of aliphatic hydroxyl groups excluding tert-OH is 1. The van der Waals surface area contributed by atoms with Crippen LogP contribution >= 0.6 is 0 Å². The predicted molar refractivity (Wildman–Crippen MR) is 81.3 cm³/mol. The Bertz CT molecular complexity index is 605. The molecule has 0 aliphatic carbocycles. The van der Waals surface area contributed by atoms with Gasteiger partial charge in [-0.2, -0.15) is 4.31 Å². The minimum Gasteiger partial charge on any atom is -0.392 e. The van der Waals surface area contributed by atoms with Crippen molar-refractivity contribution in [2.24, 2.45) is 0 Å². The molecule has 1 aliphatic rings. The van der Waals surface area contributed by atoms with E-state index < -0.39 is 28.0 Å². The van der Waals surface area contributed by atoms with E-state index >= 15 is 0 Å². The van der Waals surface area contributed by atoms with E-state index in [1.165, 1.54) is 16.4 Å². The zero-order valence-corrected chi connectivity index (χ0v) is 13.6. The molecule has 1 fully saturated rings. The van der Waals surface area contributed by atoms with E-state index in [2.05, 4.69) is 0 Å². The van der Waals surface area contributed by atoms with Gasteiger partial charge in [0, 0.05) is 6.54 Å². The summed E-state index contributed by atoms with van der Waals surface area (Å²) < 4.78 is 44.9. The van der Waals surface area contributed by atoms with Crippen LogP contribution in [0, 0.1) is 5.82 Å². The lowest BCUT2D eigenvalue weighted by Crippen LogP contribution is -2.35. The van der Waals surface area contributed by atoms with Crippen LogP contribution in [0.4, 0.5) is 4.39 Å². The van der Waals surface area contributed by atoms with Crippen molar-refractivity contribution in [3.8, 4) is 0 Å². The van der Waals surface area contributed by atoms with Crippen molar-refractivity contribution in [3.05, 3.63) is 35.6 Å². The van der Waals surface area contributed by atoms with Crippen molar-refractivity contribution in [2.45, 2.75) is 38.5 Å². The number of ether oxygens (including phenoxy) is 1. The molecular formula is C15H22FNO4S. The highest BCUT2D eigenvalue weighted by Crippen LogP contribution is 2.34. The van der Waals surface area contributed by atoms with Gasteiger partial charge in [-0.3, -0.25) is 0 Å². The fraction of sp³-hybridized carbons (Fsp3) is 0.600. The summed E-state index contributed by atoms with van der Waals surface area (Å²) in [6.07, 6.45) is -0.513. The number of benzene rings is 1. The second kappa shape index (κ2) is 7.04. The maximum Gasteiger partial charge on any atom is 0.217 e. The van der Waals surface area contributed by atoms with E-state index in [4.69, 9.17) is 4.74 Å². The van der Waals surface area contributed by atoms with E-state index in [0.717, 1.165) is 0 Å². The summed E-state index contributed by atoms with van der Waals surface area (Å²) in [5.74, 6) is -0.566. The zero-order chi connectivity index (χ0) is 16.3. The summed E-state index contributed by atoms with van der Waals surface area (Å²) in [4.78, 5) is 0. The summed E-state index contributed by atoms with van der Waals surface area (Å²) in [6.45, 7) is 3.80. The summed E-state index contributed by atoms with van der Waals surface area (Å²) in [5, 5.41) is 9.85. The fourth-order valence-electron chi connectivity index (χ4n) is 2.61. The minimum atomic E-state index is -3.57. The summed E-state index contributed by atoms with van der Waals surface area (Å²) >= 11 is 0. The molecule has 1 heterocycles. The molecule has 1 saturated heterocycles. The van der Waals surface area contributed by atoms with Gasteiger partial charge in [0.15, 0.2) is 0 Å². The smallest absolute Gasteiger partial charge is 0.217 e. The Hall–Kier alpha value is -1.02. The highest BCUT2D eigenvalue weighted by molar-refractivity contribution is 7.89. The normalized spacial score (nSPS) is 23.3. The van der Waals surface area contributed by atoms with Crippen LogP contribution < -0.4 is 0 Å². The molecule has 1 aliphatic heterocycles. The molecule has 2 atom stereocenters. The molecule has 22 heavy (non-hydrogen) atoms. The minimum absolute atomic E-state index is 0.0329. The molecular weight excluding hydrogens is 309 g/mol. The van der Waals surface area contributed by atoms with Crippen LogP contribution in [0.15, 0.2) is 24.3 Å². The average molecular weight is 331 g/mol. The number of hydrogen-bond acceptors (Lipinski definition) is 4. The fourth-order valence-corrected chi connectivity index (χ4v) is 4.15. The van der Waals surface area contributed by atoms with Gasteiger partial charge in [-0.25, -0.2) is 12.8 Å². The number of rotatable bonds is 6. The predicted octanol–water partition coefficient (Wildman–Crippen LogP) is 1.69. The molecule has 0 amide bonds. The largest absolute Gasteiger partial charge is 0.392 e. The molecule has 0 bridgehead atoms. The van der Waals surface area contributed by atoms with Gasteiger partial charge < -0.3 is 9.84 Å². The molecule has 1 N–H and O–H groups in total. The number of hydrogen-bond donors (Lipinski definition) is 1. The molecule has 0 unspecified atom stereocenters. The van der Waals surface area contributed by atoms with Crippen molar-refractivity contribution in [3.63, 3.8) is 0 Å². The molecule has 0 saturated carbocycles. The third-order valence-electron chi connectivity index (χ3n) is 3.62. The molecule has 7 heteroatoms. The van der Waals surface area contributed by atoms with Crippen LogP contribution in [0.25, 0.3) is 0 Å². The molecule has 0 aromatic heterocycles.